The zero-order valence-electron chi connectivity index (χ0n) is 24.8. The minimum atomic E-state index is 0.865. The molecule has 0 aliphatic heterocycles. The van der Waals surface area contributed by atoms with Crippen molar-refractivity contribution >= 4 is 65.4 Å². The lowest BCUT2D eigenvalue weighted by molar-refractivity contribution is 0.669. The van der Waals surface area contributed by atoms with Crippen molar-refractivity contribution in [2.45, 2.75) is 0 Å². The maximum absolute atomic E-state index is 6.57. The van der Waals surface area contributed by atoms with Gasteiger partial charge in [-0.25, -0.2) is 4.98 Å². The minimum absolute atomic E-state index is 0.865. The highest BCUT2D eigenvalue weighted by Gasteiger charge is 2.22. The zero-order valence-corrected chi connectivity index (χ0v) is 24.8. The molecule has 46 heavy (non-hydrogen) atoms. The predicted molar refractivity (Wildman–Crippen MR) is 192 cm³/mol. The molecule has 7 aromatic carbocycles. The molecule has 3 nitrogen and oxygen atoms in total. The van der Waals surface area contributed by atoms with E-state index in [4.69, 9.17) is 9.40 Å². The summed E-state index contributed by atoms with van der Waals surface area (Å²) >= 11 is 0. The normalized spacial score (nSPS) is 11.9. The van der Waals surface area contributed by atoms with Gasteiger partial charge in [-0.05, 0) is 48.0 Å². The molecule has 3 heterocycles. The first-order valence-corrected chi connectivity index (χ1v) is 15.6. The van der Waals surface area contributed by atoms with Crippen molar-refractivity contribution in [3.8, 4) is 28.1 Å². The van der Waals surface area contributed by atoms with E-state index in [1.807, 2.05) is 12.1 Å². The van der Waals surface area contributed by atoms with Crippen LogP contribution in [0.15, 0.2) is 162 Å². The molecule has 3 heteroatoms. The lowest BCUT2D eigenvalue weighted by atomic mass is 9.89. The first kappa shape index (κ1) is 25.2. The lowest BCUT2D eigenvalue weighted by Gasteiger charge is -2.16. The molecule has 214 valence electrons. The van der Waals surface area contributed by atoms with E-state index in [1.165, 1.54) is 32.8 Å². The van der Waals surface area contributed by atoms with Crippen LogP contribution in [0, 0.1) is 0 Å². The third-order valence-corrected chi connectivity index (χ3v) is 9.37. The molecule has 3 aromatic heterocycles. The van der Waals surface area contributed by atoms with Crippen LogP contribution in [0.3, 0.4) is 0 Å². The van der Waals surface area contributed by atoms with Crippen LogP contribution in [0.5, 0.6) is 0 Å². The summed E-state index contributed by atoms with van der Waals surface area (Å²) in [5.41, 5.74) is 10.6. The molecular formula is C43H26N2O. The van der Waals surface area contributed by atoms with Crippen LogP contribution in [0.25, 0.3) is 93.5 Å². The fourth-order valence-corrected chi connectivity index (χ4v) is 7.40. The van der Waals surface area contributed by atoms with E-state index in [0.717, 1.165) is 60.7 Å². The number of furan rings is 1. The van der Waals surface area contributed by atoms with E-state index in [1.54, 1.807) is 0 Å². The average Bonchev–Trinajstić information content (AvgIpc) is 3.66. The first-order valence-electron chi connectivity index (χ1n) is 15.6. The molecule has 0 radical (unpaired) electrons. The smallest absolute Gasteiger partial charge is 0.136 e. The largest absolute Gasteiger partial charge is 0.456 e. The van der Waals surface area contributed by atoms with Gasteiger partial charge < -0.3 is 8.98 Å². The average molecular weight is 587 g/mol. The molecule has 0 saturated heterocycles. The van der Waals surface area contributed by atoms with Crippen molar-refractivity contribution in [2.75, 3.05) is 0 Å². The number of pyridine rings is 1. The summed E-state index contributed by atoms with van der Waals surface area (Å²) in [7, 11) is 0. The summed E-state index contributed by atoms with van der Waals surface area (Å²) in [4.78, 5) is 5.23. The second kappa shape index (κ2) is 9.65. The van der Waals surface area contributed by atoms with Gasteiger partial charge in [0.25, 0.3) is 0 Å². The van der Waals surface area contributed by atoms with Gasteiger partial charge in [-0.15, -0.1) is 0 Å². The monoisotopic (exact) mass is 586 g/mol. The van der Waals surface area contributed by atoms with Crippen LogP contribution >= 0.6 is 0 Å². The van der Waals surface area contributed by atoms with Crippen LogP contribution < -0.4 is 0 Å². The molecule has 0 atom stereocenters. The molecule has 0 spiro atoms. The van der Waals surface area contributed by atoms with Crippen molar-refractivity contribution in [3.63, 3.8) is 0 Å². The van der Waals surface area contributed by atoms with Crippen molar-refractivity contribution in [1.29, 1.82) is 0 Å². The molecule has 0 unspecified atom stereocenters. The van der Waals surface area contributed by atoms with Gasteiger partial charge in [0, 0.05) is 54.5 Å². The first-order chi connectivity index (χ1) is 22.8. The number of benzene rings is 7. The van der Waals surface area contributed by atoms with Gasteiger partial charge in [0.1, 0.15) is 11.2 Å². The molecular weight excluding hydrogens is 560 g/mol. The summed E-state index contributed by atoms with van der Waals surface area (Å²) in [6.07, 6.45) is 0. The minimum Gasteiger partial charge on any atom is -0.456 e. The fourth-order valence-electron chi connectivity index (χ4n) is 7.40. The Morgan fingerprint density at radius 3 is 1.78 bits per heavy atom. The van der Waals surface area contributed by atoms with E-state index in [9.17, 15) is 0 Å². The second-order valence-electron chi connectivity index (χ2n) is 11.9. The number of aromatic nitrogens is 2. The summed E-state index contributed by atoms with van der Waals surface area (Å²) < 4.78 is 8.94. The van der Waals surface area contributed by atoms with Gasteiger partial charge in [0.2, 0.25) is 0 Å². The summed E-state index contributed by atoms with van der Waals surface area (Å²) in [5, 5.41) is 8.16. The Labute approximate surface area is 264 Å². The Morgan fingerprint density at radius 1 is 0.435 bits per heavy atom. The summed E-state index contributed by atoms with van der Waals surface area (Å²) in [5.74, 6) is 0. The third kappa shape index (κ3) is 3.57. The molecule has 0 N–H and O–H groups in total. The standard InChI is InChI=1S/C43H26N2O/c1-2-12-28(13-3-1)43-34-26-39-42(33-17-7-11-21-38(33)46-39)40(41(34)32-16-4-8-18-35(32)44-43)27-22-24-29(25-23-27)45-36-19-9-5-14-30(36)31-15-6-10-20-37(31)45/h1-26H. The molecule has 0 aliphatic rings. The zero-order chi connectivity index (χ0) is 30.2. The van der Waals surface area contributed by atoms with Gasteiger partial charge in [0.05, 0.1) is 22.2 Å². The van der Waals surface area contributed by atoms with Crippen LogP contribution in [0.1, 0.15) is 0 Å². The molecule has 0 bridgehead atoms. The molecule has 0 fully saturated rings. The molecule has 10 rings (SSSR count). The number of rotatable bonds is 3. The van der Waals surface area contributed by atoms with Gasteiger partial charge >= 0.3 is 0 Å². The van der Waals surface area contributed by atoms with Crippen LogP contribution in [0.2, 0.25) is 0 Å². The lowest BCUT2D eigenvalue weighted by Crippen LogP contribution is -1.95. The Hall–Kier alpha value is -6.19. The van der Waals surface area contributed by atoms with Gasteiger partial charge in [-0.2, -0.15) is 0 Å². The van der Waals surface area contributed by atoms with Crippen LogP contribution in [-0.4, -0.2) is 9.55 Å². The van der Waals surface area contributed by atoms with Crippen molar-refractivity contribution in [2.24, 2.45) is 0 Å². The third-order valence-electron chi connectivity index (χ3n) is 9.37. The van der Waals surface area contributed by atoms with Crippen molar-refractivity contribution in [3.05, 3.63) is 158 Å². The number of nitrogens with zero attached hydrogens (tertiary/aromatic N) is 2. The quantitative estimate of drug-likeness (QED) is 0.193. The fraction of sp³-hybridized carbons (Fsp3) is 0. The highest BCUT2D eigenvalue weighted by molar-refractivity contribution is 6.27. The maximum atomic E-state index is 6.57. The topological polar surface area (TPSA) is 31.0 Å². The Balaban J connectivity index is 1.32. The summed E-state index contributed by atoms with van der Waals surface area (Å²) in [6.45, 7) is 0. The molecule has 0 saturated carbocycles. The van der Waals surface area contributed by atoms with E-state index < -0.39 is 0 Å². The number of para-hydroxylation sites is 4. The van der Waals surface area contributed by atoms with E-state index >= 15 is 0 Å². The number of hydrogen-bond acceptors (Lipinski definition) is 2. The predicted octanol–water partition coefficient (Wildman–Crippen LogP) is 11.7. The molecule has 0 amide bonds. The maximum Gasteiger partial charge on any atom is 0.136 e. The number of hydrogen-bond donors (Lipinski definition) is 0. The second-order valence-corrected chi connectivity index (χ2v) is 11.9. The van der Waals surface area contributed by atoms with E-state index in [-0.39, 0.29) is 0 Å². The van der Waals surface area contributed by atoms with Gasteiger partial charge in [-0.3, -0.25) is 0 Å². The molecule has 10 aromatic rings. The Kier molecular flexibility index (Phi) is 5.28. The van der Waals surface area contributed by atoms with Crippen molar-refractivity contribution in [1.82, 2.24) is 9.55 Å². The highest BCUT2D eigenvalue weighted by Crippen LogP contribution is 2.46. The van der Waals surface area contributed by atoms with Gasteiger partial charge in [0.15, 0.2) is 0 Å². The highest BCUT2D eigenvalue weighted by atomic mass is 16.3. The van der Waals surface area contributed by atoms with E-state index in [0.29, 0.717) is 0 Å². The van der Waals surface area contributed by atoms with Gasteiger partial charge in [-0.1, -0.05) is 115 Å². The van der Waals surface area contributed by atoms with Crippen LogP contribution in [-0.2, 0) is 0 Å². The van der Waals surface area contributed by atoms with Crippen molar-refractivity contribution < 1.29 is 4.42 Å². The SMILES string of the molecule is c1ccc(-c2nc3ccccc3c3c(-c4ccc(-n5c6ccccc6c6ccccc65)cc4)c4c(cc23)oc2ccccc24)cc1. The van der Waals surface area contributed by atoms with Crippen LogP contribution in [0.4, 0.5) is 0 Å². The number of fused-ring (bicyclic) bond motifs is 9. The van der Waals surface area contributed by atoms with E-state index in [2.05, 4.69) is 150 Å². The Morgan fingerprint density at radius 2 is 1.04 bits per heavy atom. The Bertz CT molecular complexity index is 2730. The molecule has 0 aliphatic carbocycles. The summed E-state index contributed by atoms with van der Waals surface area (Å²) in [6, 6.07) is 55.9.